The lowest BCUT2D eigenvalue weighted by Crippen LogP contribution is -2.39. The van der Waals surface area contributed by atoms with Crippen LogP contribution < -0.4 is 10.2 Å². The number of hydrogen-bond donors (Lipinski definition) is 1. The van der Waals surface area contributed by atoms with Gasteiger partial charge in [-0.2, -0.15) is 0 Å². The van der Waals surface area contributed by atoms with Crippen LogP contribution in [0, 0.1) is 11.8 Å². The number of thiazole rings is 1. The maximum Gasteiger partial charge on any atom is 0.186 e. The molecule has 3 nitrogen and oxygen atoms in total. The number of aromatic nitrogens is 1. The summed E-state index contributed by atoms with van der Waals surface area (Å²) in [5, 5.41) is 5.44. The van der Waals surface area contributed by atoms with E-state index in [0.717, 1.165) is 35.5 Å². The third-order valence-corrected chi connectivity index (χ3v) is 6.51. The third-order valence-electron chi connectivity index (χ3n) is 5.20. The van der Waals surface area contributed by atoms with Crippen molar-refractivity contribution in [3.63, 3.8) is 0 Å². The minimum atomic E-state index is 0.798. The van der Waals surface area contributed by atoms with Crippen molar-refractivity contribution in [3.05, 3.63) is 23.2 Å². The van der Waals surface area contributed by atoms with Gasteiger partial charge in [0.15, 0.2) is 5.13 Å². The fourth-order valence-corrected chi connectivity index (χ4v) is 5.19. The van der Waals surface area contributed by atoms with Crippen LogP contribution in [0.15, 0.2) is 18.2 Å². The normalized spacial score (nSPS) is 21.6. The highest BCUT2D eigenvalue weighted by atomic mass is 35.5. The van der Waals surface area contributed by atoms with Crippen molar-refractivity contribution in [3.8, 4) is 0 Å². The van der Waals surface area contributed by atoms with E-state index in [1.165, 1.54) is 48.6 Å². The number of halogens is 1. The number of nitrogens with zero attached hydrogens (tertiary/aromatic N) is 2. The molecule has 0 unspecified atom stereocenters. The number of piperidine rings is 2. The molecule has 4 rings (SSSR count). The van der Waals surface area contributed by atoms with Crippen LogP contribution in [0.2, 0.25) is 5.02 Å². The van der Waals surface area contributed by atoms with Gasteiger partial charge in [0.05, 0.1) is 10.2 Å². The van der Waals surface area contributed by atoms with Crippen LogP contribution in [0.5, 0.6) is 0 Å². The minimum Gasteiger partial charge on any atom is -0.348 e. The van der Waals surface area contributed by atoms with E-state index in [1.807, 2.05) is 18.2 Å². The maximum atomic E-state index is 6.08. The van der Waals surface area contributed by atoms with Gasteiger partial charge in [0.25, 0.3) is 0 Å². The summed E-state index contributed by atoms with van der Waals surface area (Å²) in [7, 11) is 0. The lowest BCUT2D eigenvalue weighted by Gasteiger charge is -2.37. The average Bonchev–Trinajstić information content (AvgIpc) is 2.99. The molecule has 0 aliphatic carbocycles. The molecule has 2 aliphatic heterocycles. The van der Waals surface area contributed by atoms with Gasteiger partial charge in [-0.1, -0.05) is 22.9 Å². The fourth-order valence-electron chi connectivity index (χ4n) is 3.90. The quantitative estimate of drug-likeness (QED) is 0.893. The minimum absolute atomic E-state index is 0.798. The van der Waals surface area contributed by atoms with Gasteiger partial charge in [0.1, 0.15) is 0 Å². The van der Waals surface area contributed by atoms with Crippen molar-refractivity contribution in [2.24, 2.45) is 11.8 Å². The second-order valence-corrected chi connectivity index (χ2v) is 7.97. The zero-order valence-corrected chi connectivity index (χ0v) is 14.3. The van der Waals surface area contributed by atoms with Crippen molar-refractivity contribution in [1.29, 1.82) is 0 Å². The SMILES string of the molecule is Clc1ccc2nc(N3CCC(C4CCNCC4)CC3)sc2c1. The zero-order chi connectivity index (χ0) is 14.9. The molecule has 0 radical (unpaired) electrons. The van der Waals surface area contributed by atoms with Crippen LogP contribution in [0.4, 0.5) is 5.13 Å². The smallest absolute Gasteiger partial charge is 0.186 e. The Balaban J connectivity index is 1.43. The van der Waals surface area contributed by atoms with Crippen LogP contribution in [-0.4, -0.2) is 31.2 Å². The molecule has 0 bridgehead atoms. The molecule has 3 heterocycles. The molecule has 5 heteroatoms. The lowest BCUT2D eigenvalue weighted by molar-refractivity contribution is 0.222. The molecule has 0 saturated carbocycles. The standard InChI is InChI=1S/C17H22ClN3S/c18-14-1-2-15-16(11-14)22-17(20-15)21-9-5-13(6-10-21)12-3-7-19-8-4-12/h1-2,11-13,19H,3-10H2. The molecule has 118 valence electrons. The molecular weight excluding hydrogens is 314 g/mol. The molecule has 2 aliphatic rings. The molecule has 0 amide bonds. The van der Waals surface area contributed by atoms with E-state index < -0.39 is 0 Å². The summed E-state index contributed by atoms with van der Waals surface area (Å²) in [6.45, 7) is 4.73. The number of rotatable bonds is 2. The Kier molecular flexibility index (Phi) is 4.25. The Bertz CT molecular complexity index is 642. The van der Waals surface area contributed by atoms with Crippen molar-refractivity contribution < 1.29 is 0 Å². The predicted octanol–water partition coefficient (Wildman–Crippen LogP) is 4.17. The van der Waals surface area contributed by atoms with Crippen LogP contribution in [0.3, 0.4) is 0 Å². The van der Waals surface area contributed by atoms with Crippen LogP contribution in [-0.2, 0) is 0 Å². The Morgan fingerprint density at radius 2 is 1.82 bits per heavy atom. The number of benzene rings is 1. The molecule has 1 aromatic carbocycles. The van der Waals surface area contributed by atoms with Gasteiger partial charge in [0.2, 0.25) is 0 Å². The first-order chi connectivity index (χ1) is 10.8. The molecule has 2 aromatic rings. The second-order valence-electron chi connectivity index (χ2n) is 6.52. The Hall–Kier alpha value is -0.840. The summed E-state index contributed by atoms with van der Waals surface area (Å²) in [4.78, 5) is 7.26. The molecule has 0 spiro atoms. The van der Waals surface area contributed by atoms with Gasteiger partial charge >= 0.3 is 0 Å². The van der Waals surface area contributed by atoms with Crippen LogP contribution in [0.1, 0.15) is 25.7 Å². The number of nitrogens with one attached hydrogen (secondary N) is 1. The molecule has 0 atom stereocenters. The highest BCUT2D eigenvalue weighted by Gasteiger charge is 2.28. The van der Waals surface area contributed by atoms with E-state index in [9.17, 15) is 0 Å². The Labute approximate surface area is 140 Å². The largest absolute Gasteiger partial charge is 0.348 e. The van der Waals surface area contributed by atoms with E-state index >= 15 is 0 Å². The Morgan fingerprint density at radius 1 is 1.09 bits per heavy atom. The highest BCUT2D eigenvalue weighted by Crippen LogP contribution is 2.35. The van der Waals surface area contributed by atoms with Gasteiger partial charge in [-0.3, -0.25) is 0 Å². The molecule has 1 N–H and O–H groups in total. The zero-order valence-electron chi connectivity index (χ0n) is 12.7. The van der Waals surface area contributed by atoms with Crippen molar-refractivity contribution in [1.82, 2.24) is 10.3 Å². The summed E-state index contributed by atoms with van der Waals surface area (Å²) < 4.78 is 1.20. The van der Waals surface area contributed by atoms with Crippen molar-refractivity contribution in [2.45, 2.75) is 25.7 Å². The van der Waals surface area contributed by atoms with Gasteiger partial charge < -0.3 is 10.2 Å². The summed E-state index contributed by atoms with van der Waals surface area (Å²) >= 11 is 7.85. The highest BCUT2D eigenvalue weighted by molar-refractivity contribution is 7.22. The maximum absolute atomic E-state index is 6.08. The molecule has 22 heavy (non-hydrogen) atoms. The fraction of sp³-hybridized carbons (Fsp3) is 0.588. The number of anilines is 1. The van der Waals surface area contributed by atoms with Gasteiger partial charge in [-0.05, 0) is 68.8 Å². The predicted molar refractivity (Wildman–Crippen MR) is 95.2 cm³/mol. The summed E-state index contributed by atoms with van der Waals surface area (Å²) in [5.74, 6) is 1.86. The van der Waals surface area contributed by atoms with Crippen LogP contribution in [0.25, 0.3) is 10.2 Å². The lowest BCUT2D eigenvalue weighted by atomic mass is 9.79. The number of hydrogen-bond acceptors (Lipinski definition) is 4. The monoisotopic (exact) mass is 335 g/mol. The molecular formula is C17H22ClN3S. The molecule has 1 aromatic heterocycles. The number of fused-ring (bicyclic) bond motifs is 1. The molecule has 2 fully saturated rings. The Morgan fingerprint density at radius 3 is 2.59 bits per heavy atom. The van der Waals surface area contributed by atoms with Gasteiger partial charge in [-0.15, -0.1) is 0 Å². The first-order valence-electron chi connectivity index (χ1n) is 8.31. The van der Waals surface area contributed by atoms with E-state index in [0.29, 0.717) is 0 Å². The van der Waals surface area contributed by atoms with Gasteiger partial charge in [0, 0.05) is 18.1 Å². The summed E-state index contributed by atoms with van der Waals surface area (Å²) in [6, 6.07) is 5.98. The first kappa shape index (κ1) is 14.7. The average molecular weight is 336 g/mol. The van der Waals surface area contributed by atoms with Crippen LogP contribution >= 0.6 is 22.9 Å². The van der Waals surface area contributed by atoms with E-state index in [2.05, 4.69) is 10.2 Å². The topological polar surface area (TPSA) is 28.2 Å². The van der Waals surface area contributed by atoms with Crippen molar-refractivity contribution >= 4 is 38.3 Å². The summed E-state index contributed by atoms with van der Waals surface area (Å²) in [6.07, 6.45) is 5.37. The van der Waals surface area contributed by atoms with Crippen molar-refractivity contribution in [2.75, 3.05) is 31.1 Å². The van der Waals surface area contributed by atoms with E-state index in [-0.39, 0.29) is 0 Å². The van der Waals surface area contributed by atoms with Gasteiger partial charge in [-0.25, -0.2) is 4.98 Å². The summed E-state index contributed by atoms with van der Waals surface area (Å²) in [5.41, 5.74) is 1.07. The second kappa shape index (κ2) is 6.34. The molecule has 2 saturated heterocycles. The van der Waals surface area contributed by atoms with E-state index in [1.54, 1.807) is 11.3 Å². The van der Waals surface area contributed by atoms with E-state index in [4.69, 9.17) is 16.6 Å². The first-order valence-corrected chi connectivity index (χ1v) is 9.51. The third kappa shape index (κ3) is 2.97.